The molecule has 1 fully saturated rings. The third-order valence-electron chi connectivity index (χ3n) is 4.55. The maximum Gasteiger partial charge on any atom is 0.246 e. The van der Waals surface area contributed by atoms with Crippen LogP contribution in [0.4, 0.5) is 0 Å². The third-order valence-corrected chi connectivity index (χ3v) is 4.55. The zero-order valence-electron chi connectivity index (χ0n) is 15.3. The summed E-state index contributed by atoms with van der Waals surface area (Å²) in [4.78, 5) is 32.1. The zero-order chi connectivity index (χ0) is 18.5. The molecule has 0 aliphatic carbocycles. The lowest BCUT2D eigenvalue weighted by Crippen LogP contribution is -2.44. The topological polar surface area (TPSA) is 79.5 Å². The van der Waals surface area contributed by atoms with E-state index < -0.39 is 0 Å². The van der Waals surface area contributed by atoms with Crippen molar-refractivity contribution in [2.45, 2.75) is 39.7 Å². The van der Waals surface area contributed by atoms with Crippen molar-refractivity contribution >= 4 is 11.8 Å². The molecule has 2 aromatic rings. The molecule has 0 radical (unpaired) electrons. The fourth-order valence-corrected chi connectivity index (χ4v) is 3.05. The monoisotopic (exact) mass is 356 g/mol. The van der Waals surface area contributed by atoms with Crippen LogP contribution >= 0.6 is 0 Å². The summed E-state index contributed by atoms with van der Waals surface area (Å²) < 4.78 is 5.32. The van der Waals surface area contributed by atoms with Gasteiger partial charge in [-0.05, 0) is 32.8 Å². The number of carbonyl (C=O) groups excluding carboxylic acids is 2. The quantitative estimate of drug-likeness (QED) is 0.794. The number of aromatic nitrogens is 2. The Morgan fingerprint density at radius 2 is 2.19 bits per heavy atom. The molecule has 7 nitrogen and oxygen atoms in total. The maximum absolute atomic E-state index is 12.6. The van der Waals surface area contributed by atoms with Crippen LogP contribution in [0.25, 0.3) is 11.4 Å². The van der Waals surface area contributed by atoms with E-state index in [2.05, 4.69) is 10.1 Å². The number of benzene rings is 1. The van der Waals surface area contributed by atoms with E-state index in [1.54, 1.807) is 9.80 Å². The molecule has 0 N–H and O–H groups in total. The Labute approximate surface area is 153 Å². The molecule has 1 aromatic heterocycles. The van der Waals surface area contributed by atoms with Crippen LogP contribution in [0.15, 0.2) is 28.8 Å². The number of nitrogens with zero attached hydrogens (tertiary/aromatic N) is 4. The SMILES string of the molecule is CCN(Cc1nc(-c2cccc(C)c2)no1)C(=O)CN1CCCCC1=O. The van der Waals surface area contributed by atoms with Gasteiger partial charge in [-0.3, -0.25) is 9.59 Å². The molecule has 0 spiro atoms. The lowest BCUT2D eigenvalue weighted by Gasteiger charge is -2.28. The lowest BCUT2D eigenvalue weighted by atomic mass is 10.1. The van der Waals surface area contributed by atoms with Gasteiger partial charge in [0.1, 0.15) is 6.54 Å². The fourth-order valence-electron chi connectivity index (χ4n) is 3.05. The molecule has 26 heavy (non-hydrogen) atoms. The number of hydrogen-bond acceptors (Lipinski definition) is 5. The number of amides is 2. The standard InChI is InChI=1S/C19H24N4O3/c1-3-22(18(25)13-23-10-5-4-9-17(23)24)12-16-20-19(21-26-16)15-8-6-7-14(2)11-15/h6-8,11H,3-5,9-10,12-13H2,1-2H3. The van der Waals surface area contributed by atoms with Crippen molar-refractivity contribution < 1.29 is 14.1 Å². The fraction of sp³-hybridized carbons (Fsp3) is 0.474. The first kappa shape index (κ1) is 18.1. The van der Waals surface area contributed by atoms with E-state index in [0.29, 0.717) is 31.2 Å². The Kier molecular flexibility index (Phi) is 5.65. The summed E-state index contributed by atoms with van der Waals surface area (Å²) in [6, 6.07) is 7.85. The number of likely N-dealkylation sites (N-methyl/N-ethyl adjacent to an activating group) is 1. The van der Waals surface area contributed by atoms with E-state index in [0.717, 1.165) is 24.0 Å². The van der Waals surface area contributed by atoms with E-state index in [4.69, 9.17) is 4.52 Å². The van der Waals surface area contributed by atoms with Crippen molar-refractivity contribution in [2.24, 2.45) is 0 Å². The summed E-state index contributed by atoms with van der Waals surface area (Å²) in [6.45, 7) is 5.43. The van der Waals surface area contributed by atoms with Crippen molar-refractivity contribution in [3.8, 4) is 11.4 Å². The Morgan fingerprint density at radius 3 is 2.92 bits per heavy atom. The minimum Gasteiger partial charge on any atom is -0.337 e. The third kappa shape index (κ3) is 4.28. The number of piperidine rings is 1. The first-order chi connectivity index (χ1) is 12.6. The molecular weight excluding hydrogens is 332 g/mol. The zero-order valence-corrected chi connectivity index (χ0v) is 15.3. The highest BCUT2D eigenvalue weighted by Gasteiger charge is 2.24. The van der Waals surface area contributed by atoms with E-state index in [9.17, 15) is 9.59 Å². The van der Waals surface area contributed by atoms with Gasteiger partial charge in [0.25, 0.3) is 0 Å². The average Bonchev–Trinajstić information content (AvgIpc) is 3.10. The Bertz CT molecular complexity index is 787. The van der Waals surface area contributed by atoms with Gasteiger partial charge in [-0.2, -0.15) is 4.98 Å². The minimum atomic E-state index is -0.0990. The maximum atomic E-state index is 12.6. The normalized spacial score (nSPS) is 14.5. The van der Waals surface area contributed by atoms with E-state index in [-0.39, 0.29) is 24.9 Å². The Hall–Kier alpha value is -2.70. The van der Waals surface area contributed by atoms with Gasteiger partial charge in [-0.1, -0.05) is 28.9 Å². The predicted octanol–water partition coefficient (Wildman–Crippen LogP) is 2.41. The molecule has 0 atom stereocenters. The number of carbonyl (C=O) groups is 2. The van der Waals surface area contributed by atoms with Gasteiger partial charge in [0.2, 0.25) is 23.5 Å². The van der Waals surface area contributed by atoms with Crippen LogP contribution < -0.4 is 0 Å². The lowest BCUT2D eigenvalue weighted by molar-refractivity contribution is -0.142. The number of hydrogen-bond donors (Lipinski definition) is 0. The van der Waals surface area contributed by atoms with Crippen molar-refractivity contribution in [3.05, 3.63) is 35.7 Å². The average molecular weight is 356 g/mol. The van der Waals surface area contributed by atoms with Crippen LogP contribution in [0.2, 0.25) is 0 Å². The molecule has 1 aliphatic heterocycles. The minimum absolute atomic E-state index is 0.0557. The summed E-state index contributed by atoms with van der Waals surface area (Å²) in [6.07, 6.45) is 2.39. The molecule has 0 saturated carbocycles. The highest BCUT2D eigenvalue weighted by atomic mass is 16.5. The molecule has 3 rings (SSSR count). The van der Waals surface area contributed by atoms with E-state index in [1.165, 1.54) is 0 Å². The summed E-state index contributed by atoms with van der Waals surface area (Å²) in [7, 11) is 0. The molecule has 2 amide bonds. The molecule has 7 heteroatoms. The number of aryl methyl sites for hydroxylation is 1. The van der Waals surface area contributed by atoms with E-state index >= 15 is 0 Å². The molecule has 0 bridgehead atoms. The van der Waals surface area contributed by atoms with Crippen molar-refractivity contribution in [1.82, 2.24) is 19.9 Å². The Balaban J connectivity index is 1.64. The van der Waals surface area contributed by atoms with Gasteiger partial charge < -0.3 is 14.3 Å². The number of likely N-dealkylation sites (tertiary alicyclic amines) is 1. The van der Waals surface area contributed by atoms with Gasteiger partial charge in [0, 0.05) is 25.1 Å². The highest BCUT2D eigenvalue weighted by Crippen LogP contribution is 2.18. The van der Waals surface area contributed by atoms with Crippen LogP contribution in [-0.2, 0) is 16.1 Å². The van der Waals surface area contributed by atoms with Gasteiger partial charge in [0.05, 0.1) is 6.54 Å². The summed E-state index contributed by atoms with van der Waals surface area (Å²) in [5.41, 5.74) is 2.00. The van der Waals surface area contributed by atoms with Crippen LogP contribution in [-0.4, -0.2) is 51.4 Å². The van der Waals surface area contributed by atoms with Crippen LogP contribution in [0.1, 0.15) is 37.6 Å². The van der Waals surface area contributed by atoms with Gasteiger partial charge in [0.15, 0.2) is 0 Å². The largest absolute Gasteiger partial charge is 0.337 e. The molecule has 1 aliphatic rings. The summed E-state index contributed by atoms with van der Waals surface area (Å²) in [5.74, 6) is 0.860. The van der Waals surface area contributed by atoms with Gasteiger partial charge in [-0.25, -0.2) is 0 Å². The smallest absolute Gasteiger partial charge is 0.246 e. The molecule has 0 unspecified atom stereocenters. The molecule has 1 aromatic carbocycles. The summed E-state index contributed by atoms with van der Waals surface area (Å²) >= 11 is 0. The second-order valence-electron chi connectivity index (χ2n) is 6.56. The van der Waals surface area contributed by atoms with Crippen LogP contribution in [0, 0.1) is 6.92 Å². The Morgan fingerprint density at radius 1 is 1.35 bits per heavy atom. The van der Waals surface area contributed by atoms with Crippen LogP contribution in [0.5, 0.6) is 0 Å². The van der Waals surface area contributed by atoms with E-state index in [1.807, 2.05) is 38.1 Å². The van der Waals surface area contributed by atoms with Crippen molar-refractivity contribution in [2.75, 3.05) is 19.6 Å². The second kappa shape index (κ2) is 8.12. The molecule has 138 valence electrons. The van der Waals surface area contributed by atoms with Crippen LogP contribution in [0.3, 0.4) is 0 Å². The predicted molar refractivity (Wildman–Crippen MR) is 96.0 cm³/mol. The molecule has 2 heterocycles. The van der Waals surface area contributed by atoms with Crippen molar-refractivity contribution in [3.63, 3.8) is 0 Å². The van der Waals surface area contributed by atoms with Gasteiger partial charge in [-0.15, -0.1) is 0 Å². The first-order valence-electron chi connectivity index (χ1n) is 9.02. The van der Waals surface area contributed by atoms with Gasteiger partial charge >= 0.3 is 0 Å². The highest BCUT2D eigenvalue weighted by molar-refractivity contribution is 5.85. The van der Waals surface area contributed by atoms with Crippen molar-refractivity contribution in [1.29, 1.82) is 0 Å². The first-order valence-corrected chi connectivity index (χ1v) is 9.02. The molecular formula is C19H24N4O3. The second-order valence-corrected chi connectivity index (χ2v) is 6.56. The summed E-state index contributed by atoms with van der Waals surface area (Å²) in [5, 5.41) is 4.01. The molecule has 1 saturated heterocycles. The number of rotatable bonds is 6.